The zero-order valence-corrected chi connectivity index (χ0v) is 17.4. The average molecular weight is 383 g/mol. The van der Waals surface area contributed by atoms with Gasteiger partial charge in [0.15, 0.2) is 0 Å². The van der Waals surface area contributed by atoms with E-state index in [2.05, 4.69) is 32.2 Å². The third kappa shape index (κ3) is 4.42. The zero-order chi connectivity index (χ0) is 20.3. The average Bonchev–Trinajstić information content (AvgIpc) is 2.99. The van der Waals surface area contributed by atoms with E-state index < -0.39 is 0 Å². The van der Waals surface area contributed by atoms with Crippen molar-refractivity contribution >= 4 is 17.7 Å². The van der Waals surface area contributed by atoms with Gasteiger partial charge in [-0.15, -0.1) is 0 Å². The highest BCUT2D eigenvalue weighted by atomic mass is 16.2. The highest BCUT2D eigenvalue weighted by Crippen LogP contribution is 2.31. The van der Waals surface area contributed by atoms with Gasteiger partial charge in [0.05, 0.1) is 6.54 Å². The van der Waals surface area contributed by atoms with Gasteiger partial charge in [-0.3, -0.25) is 4.79 Å². The second-order valence-electron chi connectivity index (χ2n) is 7.80. The summed E-state index contributed by atoms with van der Waals surface area (Å²) in [6, 6.07) is 10.4. The lowest BCUT2D eigenvalue weighted by Crippen LogP contribution is -2.31. The standard InChI is InChI=1S/C21H30N6O/c1-15(2)27-14-17-18(20(27)28)23-21(22-11-12-25(3)4)24-19(17)26(5)13-16-9-7-6-8-10-16/h6-10,15H,11-14H2,1-5H3,(H,22,23,24). The summed E-state index contributed by atoms with van der Waals surface area (Å²) in [4.78, 5) is 28.3. The van der Waals surface area contributed by atoms with E-state index in [9.17, 15) is 4.79 Å². The summed E-state index contributed by atoms with van der Waals surface area (Å²) < 4.78 is 0. The van der Waals surface area contributed by atoms with Crippen molar-refractivity contribution in [1.29, 1.82) is 0 Å². The number of nitrogens with zero attached hydrogens (tertiary/aromatic N) is 5. The van der Waals surface area contributed by atoms with E-state index in [4.69, 9.17) is 4.98 Å². The lowest BCUT2D eigenvalue weighted by atomic mass is 10.2. The largest absolute Gasteiger partial charge is 0.355 e. The molecule has 1 amide bonds. The zero-order valence-electron chi connectivity index (χ0n) is 17.4. The van der Waals surface area contributed by atoms with Gasteiger partial charge in [-0.25, -0.2) is 4.98 Å². The Bertz CT molecular complexity index is 821. The fourth-order valence-corrected chi connectivity index (χ4v) is 3.31. The fraction of sp³-hybridized carbons (Fsp3) is 0.476. The van der Waals surface area contributed by atoms with Gasteiger partial charge in [-0.2, -0.15) is 4.98 Å². The SMILES string of the molecule is CC(C)N1Cc2c(nc(NCCN(C)C)nc2N(C)Cc2ccccc2)C1=O. The summed E-state index contributed by atoms with van der Waals surface area (Å²) in [5.74, 6) is 1.31. The molecule has 0 atom stereocenters. The van der Waals surface area contributed by atoms with Crippen LogP contribution in [-0.2, 0) is 13.1 Å². The quantitative estimate of drug-likeness (QED) is 0.757. The number of amides is 1. The predicted molar refractivity (Wildman–Crippen MR) is 113 cm³/mol. The van der Waals surface area contributed by atoms with Crippen LogP contribution in [0.25, 0.3) is 0 Å². The number of carbonyl (C=O) groups excluding carboxylic acids is 1. The molecule has 1 aromatic heterocycles. The van der Waals surface area contributed by atoms with Gasteiger partial charge in [0.2, 0.25) is 5.95 Å². The molecule has 1 aromatic carbocycles. The van der Waals surface area contributed by atoms with Gasteiger partial charge >= 0.3 is 0 Å². The summed E-state index contributed by atoms with van der Waals surface area (Å²) in [6.45, 7) is 6.91. The predicted octanol–water partition coefficient (Wildman–Crippen LogP) is 2.45. The van der Waals surface area contributed by atoms with Crippen LogP contribution in [0, 0.1) is 0 Å². The Kier molecular flexibility index (Phi) is 6.14. The number of rotatable bonds is 8. The normalized spacial score (nSPS) is 13.4. The van der Waals surface area contributed by atoms with E-state index in [0.717, 1.165) is 31.0 Å². The molecule has 0 spiro atoms. The molecule has 3 rings (SSSR count). The Labute approximate surface area is 167 Å². The monoisotopic (exact) mass is 382 g/mol. The molecule has 1 N–H and O–H groups in total. The highest BCUT2D eigenvalue weighted by Gasteiger charge is 2.34. The van der Waals surface area contributed by atoms with Crippen LogP contribution in [0.1, 0.15) is 35.5 Å². The van der Waals surface area contributed by atoms with Crippen LogP contribution in [0.3, 0.4) is 0 Å². The van der Waals surface area contributed by atoms with Crippen molar-refractivity contribution in [3.05, 3.63) is 47.2 Å². The lowest BCUT2D eigenvalue weighted by Gasteiger charge is -2.22. The Morgan fingerprint density at radius 2 is 1.86 bits per heavy atom. The fourth-order valence-electron chi connectivity index (χ4n) is 3.31. The molecular weight excluding hydrogens is 352 g/mol. The van der Waals surface area contributed by atoms with E-state index >= 15 is 0 Å². The minimum atomic E-state index is -0.0163. The second-order valence-corrected chi connectivity index (χ2v) is 7.80. The van der Waals surface area contributed by atoms with Gasteiger partial charge in [-0.05, 0) is 33.5 Å². The maximum atomic E-state index is 12.9. The van der Waals surface area contributed by atoms with E-state index in [1.807, 2.05) is 58.1 Å². The van der Waals surface area contributed by atoms with Crippen molar-refractivity contribution in [2.75, 3.05) is 44.4 Å². The second kappa shape index (κ2) is 8.56. The number of aromatic nitrogens is 2. The minimum Gasteiger partial charge on any atom is -0.355 e. The van der Waals surface area contributed by atoms with Crippen molar-refractivity contribution in [3.8, 4) is 0 Å². The smallest absolute Gasteiger partial charge is 0.273 e. The molecule has 2 aromatic rings. The van der Waals surface area contributed by atoms with Crippen LogP contribution >= 0.6 is 0 Å². The molecular formula is C21H30N6O. The number of hydrogen-bond acceptors (Lipinski definition) is 6. The van der Waals surface area contributed by atoms with Crippen LogP contribution in [0.4, 0.5) is 11.8 Å². The molecule has 7 heteroatoms. The minimum absolute atomic E-state index is 0.0163. The molecule has 0 bridgehead atoms. The Balaban J connectivity index is 1.92. The molecule has 0 fully saturated rings. The summed E-state index contributed by atoms with van der Waals surface area (Å²) in [5, 5.41) is 3.27. The van der Waals surface area contributed by atoms with Crippen molar-refractivity contribution in [2.24, 2.45) is 0 Å². The third-order valence-electron chi connectivity index (χ3n) is 4.87. The Morgan fingerprint density at radius 3 is 2.50 bits per heavy atom. The number of nitrogens with one attached hydrogen (secondary N) is 1. The first-order valence-electron chi connectivity index (χ1n) is 9.72. The molecule has 7 nitrogen and oxygen atoms in total. The van der Waals surface area contributed by atoms with Crippen molar-refractivity contribution in [2.45, 2.75) is 33.0 Å². The van der Waals surface area contributed by atoms with Gasteiger partial charge < -0.3 is 20.0 Å². The van der Waals surface area contributed by atoms with Crippen LogP contribution < -0.4 is 10.2 Å². The molecule has 1 aliphatic rings. The third-order valence-corrected chi connectivity index (χ3v) is 4.87. The molecule has 2 heterocycles. The van der Waals surface area contributed by atoms with Crippen molar-refractivity contribution < 1.29 is 4.79 Å². The number of likely N-dealkylation sites (N-methyl/N-ethyl adjacent to an activating group) is 1. The number of carbonyl (C=O) groups is 1. The maximum Gasteiger partial charge on any atom is 0.273 e. The van der Waals surface area contributed by atoms with Crippen molar-refractivity contribution in [3.63, 3.8) is 0 Å². The summed E-state index contributed by atoms with van der Waals surface area (Å²) >= 11 is 0. The first kappa shape index (κ1) is 20.1. The number of anilines is 2. The Morgan fingerprint density at radius 1 is 1.14 bits per heavy atom. The first-order chi connectivity index (χ1) is 13.4. The lowest BCUT2D eigenvalue weighted by molar-refractivity contribution is 0.0726. The molecule has 28 heavy (non-hydrogen) atoms. The van der Waals surface area contributed by atoms with Gasteiger partial charge in [-0.1, -0.05) is 30.3 Å². The van der Waals surface area contributed by atoms with Gasteiger partial charge in [0.1, 0.15) is 11.5 Å². The molecule has 0 aliphatic carbocycles. The first-order valence-corrected chi connectivity index (χ1v) is 9.72. The molecule has 150 valence electrons. The van der Waals surface area contributed by atoms with E-state index in [0.29, 0.717) is 18.2 Å². The highest BCUT2D eigenvalue weighted by molar-refractivity contribution is 5.98. The number of benzene rings is 1. The molecule has 1 aliphatic heterocycles. The molecule has 0 unspecified atom stereocenters. The van der Waals surface area contributed by atoms with E-state index in [-0.39, 0.29) is 11.9 Å². The number of hydrogen-bond donors (Lipinski definition) is 1. The summed E-state index contributed by atoms with van der Waals surface area (Å²) in [5.41, 5.74) is 2.63. The van der Waals surface area contributed by atoms with Crippen LogP contribution in [0.5, 0.6) is 0 Å². The molecule has 0 saturated carbocycles. The molecule has 0 saturated heterocycles. The Hall–Kier alpha value is -2.67. The topological polar surface area (TPSA) is 64.6 Å². The molecule has 0 radical (unpaired) electrons. The maximum absolute atomic E-state index is 12.9. The summed E-state index contributed by atoms with van der Waals surface area (Å²) in [7, 11) is 6.06. The van der Waals surface area contributed by atoms with Crippen LogP contribution in [0.2, 0.25) is 0 Å². The van der Waals surface area contributed by atoms with E-state index in [1.165, 1.54) is 5.56 Å². The van der Waals surface area contributed by atoms with Crippen molar-refractivity contribution in [1.82, 2.24) is 19.8 Å². The van der Waals surface area contributed by atoms with Gasteiger partial charge in [0, 0.05) is 38.3 Å². The van der Waals surface area contributed by atoms with Crippen LogP contribution in [0.15, 0.2) is 30.3 Å². The summed E-state index contributed by atoms with van der Waals surface area (Å²) in [6.07, 6.45) is 0. The number of fused-ring (bicyclic) bond motifs is 1. The van der Waals surface area contributed by atoms with Gasteiger partial charge in [0.25, 0.3) is 5.91 Å². The van der Waals surface area contributed by atoms with Crippen LogP contribution in [-0.4, -0.2) is 65.9 Å². The van der Waals surface area contributed by atoms with E-state index in [1.54, 1.807) is 0 Å².